The van der Waals surface area contributed by atoms with Crippen LogP contribution < -0.4 is 5.32 Å². The largest absolute Gasteiger partial charge is 0.307 e. The second-order valence-corrected chi connectivity index (χ2v) is 5.61. The van der Waals surface area contributed by atoms with Gasteiger partial charge in [0.15, 0.2) is 0 Å². The minimum atomic E-state index is 0.712. The summed E-state index contributed by atoms with van der Waals surface area (Å²) in [6, 6.07) is 8.19. The van der Waals surface area contributed by atoms with Gasteiger partial charge in [-0.3, -0.25) is 4.68 Å². The van der Waals surface area contributed by atoms with Crippen LogP contribution in [0.5, 0.6) is 0 Å². The van der Waals surface area contributed by atoms with E-state index in [1.165, 1.54) is 5.56 Å². The fourth-order valence-electron chi connectivity index (χ4n) is 1.97. The summed E-state index contributed by atoms with van der Waals surface area (Å²) in [5.41, 5.74) is 3.23. The molecule has 0 fully saturated rings. The molecule has 102 valence electrons. The molecule has 0 aliphatic carbocycles. The molecule has 1 N–H and O–H groups in total. The highest BCUT2D eigenvalue weighted by Crippen LogP contribution is 2.21. The lowest BCUT2D eigenvalue weighted by Crippen LogP contribution is -2.15. The second-order valence-electron chi connectivity index (χ2n) is 4.38. The maximum Gasteiger partial charge on any atom is 0.0863 e. The summed E-state index contributed by atoms with van der Waals surface area (Å²) in [5, 5.41) is 8.59. The van der Waals surface area contributed by atoms with Gasteiger partial charge in [0.2, 0.25) is 0 Å². The Morgan fingerprint density at radius 3 is 2.68 bits per heavy atom. The highest BCUT2D eigenvalue weighted by Gasteiger charge is 2.12. The van der Waals surface area contributed by atoms with Crippen LogP contribution in [-0.4, -0.2) is 9.78 Å². The van der Waals surface area contributed by atoms with Crippen molar-refractivity contribution < 1.29 is 0 Å². The fourth-order valence-corrected chi connectivity index (χ4v) is 2.75. The van der Waals surface area contributed by atoms with Crippen LogP contribution in [-0.2, 0) is 26.6 Å². The number of hydrogen-bond donors (Lipinski definition) is 1. The molecule has 2 aromatic rings. The first kappa shape index (κ1) is 14.6. The Hall–Kier alpha value is -0.840. The van der Waals surface area contributed by atoms with E-state index in [-0.39, 0.29) is 0 Å². The predicted molar refractivity (Wildman–Crippen MR) is 82.3 cm³/mol. The zero-order valence-electron chi connectivity index (χ0n) is 11.1. The van der Waals surface area contributed by atoms with Gasteiger partial charge in [0.25, 0.3) is 0 Å². The van der Waals surface area contributed by atoms with Gasteiger partial charge in [-0.15, -0.1) is 0 Å². The normalized spacial score (nSPS) is 10.9. The van der Waals surface area contributed by atoms with E-state index in [0.29, 0.717) is 6.54 Å². The zero-order valence-corrected chi connectivity index (χ0v) is 13.4. The number of rotatable bonds is 5. The molecule has 0 atom stereocenters. The van der Waals surface area contributed by atoms with E-state index in [1.807, 2.05) is 29.9 Å². The third kappa shape index (κ3) is 3.38. The van der Waals surface area contributed by atoms with E-state index in [9.17, 15) is 0 Å². The fraction of sp³-hybridized carbons (Fsp3) is 0.357. The molecule has 2 rings (SSSR count). The van der Waals surface area contributed by atoms with Crippen LogP contribution in [0.3, 0.4) is 0 Å². The molecule has 0 radical (unpaired) electrons. The van der Waals surface area contributed by atoms with Gasteiger partial charge in [-0.2, -0.15) is 5.10 Å². The lowest BCUT2D eigenvalue weighted by Gasteiger charge is -2.07. The van der Waals surface area contributed by atoms with E-state index < -0.39 is 0 Å². The molecule has 0 aliphatic rings. The number of hydrogen-bond acceptors (Lipinski definition) is 2. The van der Waals surface area contributed by atoms with Crippen LogP contribution in [0.15, 0.2) is 28.7 Å². The van der Waals surface area contributed by atoms with Crippen LogP contribution in [0.2, 0.25) is 5.02 Å². The predicted octanol–water partition coefficient (Wildman–Crippen LogP) is 3.69. The standard InChI is InChI=1S/C14H17BrClN3/c1-3-12-14(16)13(19(2)18-12)9-17-8-10-6-4-5-7-11(10)15/h4-7,17H,3,8-9H2,1-2H3. The maximum absolute atomic E-state index is 6.31. The average Bonchev–Trinajstić information content (AvgIpc) is 2.68. The lowest BCUT2D eigenvalue weighted by molar-refractivity contribution is 0.623. The number of aryl methyl sites for hydroxylation is 2. The van der Waals surface area contributed by atoms with E-state index in [2.05, 4.69) is 39.3 Å². The van der Waals surface area contributed by atoms with E-state index in [4.69, 9.17) is 11.6 Å². The van der Waals surface area contributed by atoms with Crippen molar-refractivity contribution in [2.75, 3.05) is 0 Å². The summed E-state index contributed by atoms with van der Waals surface area (Å²) in [7, 11) is 1.93. The number of aromatic nitrogens is 2. The van der Waals surface area contributed by atoms with Gasteiger partial charge in [-0.1, -0.05) is 52.7 Å². The topological polar surface area (TPSA) is 29.9 Å². The SMILES string of the molecule is CCc1nn(C)c(CNCc2ccccc2Br)c1Cl. The third-order valence-corrected chi connectivity index (χ3v) is 4.28. The number of nitrogens with one attached hydrogen (secondary N) is 1. The molecule has 5 heteroatoms. The summed E-state index contributed by atoms with van der Waals surface area (Å²) in [4.78, 5) is 0. The van der Waals surface area contributed by atoms with Crippen LogP contribution in [0.4, 0.5) is 0 Å². The zero-order chi connectivity index (χ0) is 13.8. The average molecular weight is 343 g/mol. The Bertz CT molecular complexity index is 566. The highest BCUT2D eigenvalue weighted by molar-refractivity contribution is 9.10. The number of nitrogens with zero attached hydrogens (tertiary/aromatic N) is 2. The van der Waals surface area contributed by atoms with Gasteiger partial charge in [-0.25, -0.2) is 0 Å². The Labute approximate surface area is 127 Å². The van der Waals surface area contributed by atoms with Crippen molar-refractivity contribution in [2.24, 2.45) is 7.05 Å². The van der Waals surface area contributed by atoms with Gasteiger partial charge < -0.3 is 5.32 Å². The van der Waals surface area contributed by atoms with Crippen LogP contribution in [0, 0.1) is 0 Å². The van der Waals surface area contributed by atoms with Crippen molar-refractivity contribution in [1.82, 2.24) is 15.1 Å². The van der Waals surface area contributed by atoms with Crippen molar-refractivity contribution in [1.29, 1.82) is 0 Å². The molecular formula is C14H17BrClN3. The Balaban J connectivity index is 2.00. The minimum Gasteiger partial charge on any atom is -0.307 e. The van der Waals surface area contributed by atoms with Crippen LogP contribution >= 0.6 is 27.5 Å². The monoisotopic (exact) mass is 341 g/mol. The number of benzene rings is 1. The molecule has 19 heavy (non-hydrogen) atoms. The first-order valence-electron chi connectivity index (χ1n) is 6.27. The molecule has 0 amide bonds. The van der Waals surface area contributed by atoms with Crippen molar-refractivity contribution in [2.45, 2.75) is 26.4 Å². The third-order valence-electron chi connectivity index (χ3n) is 3.07. The molecule has 0 aliphatic heterocycles. The second kappa shape index (κ2) is 6.55. The highest BCUT2D eigenvalue weighted by atomic mass is 79.9. The van der Waals surface area contributed by atoms with Crippen molar-refractivity contribution in [3.63, 3.8) is 0 Å². The summed E-state index contributed by atoms with van der Waals surface area (Å²) >= 11 is 9.85. The molecule has 3 nitrogen and oxygen atoms in total. The molecule has 1 aromatic carbocycles. The van der Waals surface area contributed by atoms with E-state index in [0.717, 1.165) is 33.8 Å². The van der Waals surface area contributed by atoms with Crippen LogP contribution in [0.1, 0.15) is 23.9 Å². The maximum atomic E-state index is 6.31. The van der Waals surface area contributed by atoms with Gasteiger partial charge in [-0.05, 0) is 18.1 Å². The van der Waals surface area contributed by atoms with Gasteiger partial charge in [0.05, 0.1) is 16.4 Å². The molecule has 1 aromatic heterocycles. The lowest BCUT2D eigenvalue weighted by atomic mass is 10.2. The van der Waals surface area contributed by atoms with E-state index >= 15 is 0 Å². The molecule has 1 heterocycles. The molecule has 0 unspecified atom stereocenters. The van der Waals surface area contributed by atoms with Crippen molar-refractivity contribution in [3.8, 4) is 0 Å². The number of halogens is 2. The summed E-state index contributed by atoms with van der Waals surface area (Å²) in [5.74, 6) is 0. The Morgan fingerprint density at radius 1 is 1.32 bits per heavy atom. The quantitative estimate of drug-likeness (QED) is 0.898. The Kier molecular flexibility index (Phi) is 5.02. The molecule has 0 bridgehead atoms. The molecular weight excluding hydrogens is 326 g/mol. The first-order valence-corrected chi connectivity index (χ1v) is 7.45. The smallest absolute Gasteiger partial charge is 0.0863 e. The molecule has 0 saturated carbocycles. The minimum absolute atomic E-state index is 0.712. The first-order chi connectivity index (χ1) is 9.13. The summed E-state index contributed by atoms with van der Waals surface area (Å²) in [6.45, 7) is 3.57. The van der Waals surface area contributed by atoms with Crippen LogP contribution in [0.25, 0.3) is 0 Å². The Morgan fingerprint density at radius 2 is 2.05 bits per heavy atom. The van der Waals surface area contributed by atoms with Crippen molar-refractivity contribution >= 4 is 27.5 Å². The summed E-state index contributed by atoms with van der Waals surface area (Å²) < 4.78 is 2.97. The van der Waals surface area contributed by atoms with Gasteiger partial charge in [0.1, 0.15) is 0 Å². The van der Waals surface area contributed by atoms with Gasteiger partial charge in [0, 0.05) is 24.6 Å². The summed E-state index contributed by atoms with van der Waals surface area (Å²) in [6.07, 6.45) is 0.858. The molecule has 0 spiro atoms. The molecule has 0 saturated heterocycles. The van der Waals surface area contributed by atoms with Gasteiger partial charge >= 0.3 is 0 Å². The van der Waals surface area contributed by atoms with E-state index in [1.54, 1.807) is 0 Å². The van der Waals surface area contributed by atoms with Crippen molar-refractivity contribution in [3.05, 3.63) is 50.7 Å².